The summed E-state index contributed by atoms with van der Waals surface area (Å²) in [5.74, 6) is -2.76. The summed E-state index contributed by atoms with van der Waals surface area (Å²) in [6.45, 7) is 6.64. The molecular formula is C29H28F9N3O3. The number of aromatic nitrogens is 1. The topological polar surface area (TPSA) is 76.9 Å². The van der Waals surface area contributed by atoms with E-state index >= 15 is 0 Å². The van der Waals surface area contributed by atoms with Gasteiger partial charge in [-0.05, 0) is 41.3 Å². The molecule has 240 valence electrons. The Bertz CT molecular complexity index is 1340. The zero-order valence-electron chi connectivity index (χ0n) is 23.1. The maximum absolute atomic E-state index is 13.1. The van der Waals surface area contributed by atoms with Gasteiger partial charge >= 0.3 is 24.5 Å². The van der Waals surface area contributed by atoms with Gasteiger partial charge in [0.25, 0.3) is 5.60 Å². The Hall–Kier alpha value is -3.69. The number of hydrogen-bond donors (Lipinski definition) is 2. The van der Waals surface area contributed by atoms with Gasteiger partial charge in [0.1, 0.15) is 0 Å². The second-order valence-corrected chi connectivity index (χ2v) is 10.1. The Morgan fingerprint density at radius 2 is 1.20 bits per heavy atom. The molecule has 6 nitrogen and oxygen atoms in total. The average molecular weight is 638 g/mol. The largest absolute Gasteiger partial charge is 0.490 e. The highest BCUT2D eigenvalue weighted by Gasteiger charge is 2.71. The van der Waals surface area contributed by atoms with Crippen LogP contribution in [0.2, 0.25) is 0 Å². The molecule has 1 saturated heterocycles. The lowest BCUT2D eigenvalue weighted by Gasteiger charge is -2.38. The molecule has 1 atom stereocenters. The smallest absolute Gasteiger partial charge is 0.475 e. The first-order valence-corrected chi connectivity index (χ1v) is 13.1. The van der Waals surface area contributed by atoms with Crippen molar-refractivity contribution in [2.45, 2.75) is 43.6 Å². The molecule has 1 aliphatic heterocycles. The number of halogens is 9. The molecule has 4 rings (SSSR count). The molecule has 1 aliphatic rings. The molecule has 0 amide bonds. The van der Waals surface area contributed by atoms with E-state index in [0.717, 1.165) is 50.4 Å². The van der Waals surface area contributed by atoms with Crippen LogP contribution in [-0.4, -0.2) is 75.7 Å². The van der Waals surface area contributed by atoms with Gasteiger partial charge in [0.05, 0.1) is 0 Å². The molecule has 0 spiro atoms. The van der Waals surface area contributed by atoms with Gasteiger partial charge in [-0.2, -0.15) is 39.5 Å². The Balaban J connectivity index is 0.000000676. The first kappa shape index (κ1) is 34.8. The van der Waals surface area contributed by atoms with Crippen molar-refractivity contribution in [1.29, 1.82) is 0 Å². The van der Waals surface area contributed by atoms with Gasteiger partial charge in [-0.3, -0.25) is 14.8 Å². The molecule has 1 fully saturated rings. The van der Waals surface area contributed by atoms with Crippen LogP contribution in [0, 0.1) is 0 Å². The van der Waals surface area contributed by atoms with Crippen LogP contribution in [0.1, 0.15) is 29.7 Å². The Labute approximate surface area is 246 Å². The zero-order chi connectivity index (χ0) is 32.9. The van der Waals surface area contributed by atoms with Crippen LogP contribution >= 0.6 is 0 Å². The van der Waals surface area contributed by atoms with Crippen molar-refractivity contribution in [2.24, 2.45) is 0 Å². The SMILES string of the molecule is CC(c1ccc(-c2ccc(C(O)(C(F)(F)F)C(F)(F)F)cc2)cc1)N1CCN(Cc2ccncc2)CC1.O=C(O)C(F)(F)F. The van der Waals surface area contributed by atoms with Crippen LogP contribution in [0.3, 0.4) is 0 Å². The molecular weight excluding hydrogens is 609 g/mol. The van der Waals surface area contributed by atoms with E-state index in [1.54, 1.807) is 24.5 Å². The highest BCUT2D eigenvalue weighted by atomic mass is 19.4. The first-order valence-electron chi connectivity index (χ1n) is 13.1. The fourth-order valence-electron chi connectivity index (χ4n) is 4.61. The van der Waals surface area contributed by atoms with E-state index in [4.69, 9.17) is 9.90 Å². The zero-order valence-corrected chi connectivity index (χ0v) is 23.1. The van der Waals surface area contributed by atoms with Gasteiger partial charge in [0.15, 0.2) is 0 Å². The number of carboxylic acid groups (broad SMARTS) is 1. The normalized spacial score (nSPS) is 16.2. The van der Waals surface area contributed by atoms with E-state index in [-0.39, 0.29) is 6.04 Å². The number of carbonyl (C=O) groups is 1. The van der Waals surface area contributed by atoms with Gasteiger partial charge < -0.3 is 10.2 Å². The first-order chi connectivity index (χ1) is 20.3. The van der Waals surface area contributed by atoms with Crippen molar-refractivity contribution in [3.63, 3.8) is 0 Å². The van der Waals surface area contributed by atoms with E-state index in [0.29, 0.717) is 23.3 Å². The molecule has 2 heterocycles. The number of hydrogen-bond acceptors (Lipinski definition) is 5. The molecule has 0 bridgehead atoms. The van der Waals surface area contributed by atoms with Gasteiger partial charge in [0, 0.05) is 56.7 Å². The van der Waals surface area contributed by atoms with Crippen molar-refractivity contribution in [3.8, 4) is 11.1 Å². The molecule has 2 N–H and O–H groups in total. The summed E-state index contributed by atoms with van der Waals surface area (Å²) in [5.41, 5.74) is -2.83. The third-order valence-corrected chi connectivity index (χ3v) is 7.20. The Morgan fingerprint density at radius 1 is 0.773 bits per heavy atom. The summed E-state index contributed by atoms with van der Waals surface area (Å²) >= 11 is 0. The summed E-state index contributed by atoms with van der Waals surface area (Å²) in [4.78, 5) is 17.7. The highest BCUT2D eigenvalue weighted by Crippen LogP contribution is 2.50. The second-order valence-electron chi connectivity index (χ2n) is 10.1. The minimum absolute atomic E-state index is 0.146. The van der Waals surface area contributed by atoms with Crippen molar-refractivity contribution in [1.82, 2.24) is 14.8 Å². The van der Waals surface area contributed by atoms with E-state index < -0.39 is 35.7 Å². The fourth-order valence-corrected chi connectivity index (χ4v) is 4.61. The second kappa shape index (κ2) is 13.5. The third kappa shape index (κ3) is 8.27. The number of rotatable bonds is 6. The number of carboxylic acids is 1. The molecule has 0 aliphatic carbocycles. The van der Waals surface area contributed by atoms with Crippen molar-refractivity contribution < 1.29 is 54.5 Å². The Kier molecular flexibility index (Phi) is 10.7. The number of aliphatic carboxylic acids is 1. The van der Waals surface area contributed by atoms with Crippen molar-refractivity contribution in [3.05, 3.63) is 89.7 Å². The quantitative estimate of drug-likeness (QED) is 0.298. The fraction of sp³-hybridized carbons (Fsp3) is 0.379. The van der Waals surface area contributed by atoms with Crippen molar-refractivity contribution >= 4 is 5.97 Å². The van der Waals surface area contributed by atoms with E-state index in [1.165, 1.54) is 5.56 Å². The lowest BCUT2D eigenvalue weighted by molar-refractivity contribution is -0.376. The standard InChI is InChI=1S/C27H27F6N3O.C2HF3O2/c1-19(36-16-14-35(15-17-36)18-20-10-12-34-13-11-20)21-2-4-22(5-3-21)23-6-8-24(9-7-23)25(37,26(28,29)30)27(31,32)33;3-2(4,5)1(6)7/h2-13,19,37H,14-18H2,1H3;(H,6,7). The molecule has 3 aromatic rings. The monoisotopic (exact) mass is 637 g/mol. The lowest BCUT2D eigenvalue weighted by atomic mass is 9.90. The van der Waals surface area contributed by atoms with Gasteiger partial charge in [-0.1, -0.05) is 48.5 Å². The minimum Gasteiger partial charge on any atom is -0.475 e. The number of piperazine rings is 1. The number of aliphatic hydroxyl groups is 1. The van der Waals surface area contributed by atoms with Crippen LogP contribution < -0.4 is 0 Å². The number of nitrogens with zero attached hydrogens (tertiary/aromatic N) is 3. The summed E-state index contributed by atoms with van der Waals surface area (Å²) in [6, 6.07) is 15.2. The maximum atomic E-state index is 13.1. The minimum atomic E-state index is -5.91. The van der Waals surface area contributed by atoms with Gasteiger partial charge in [-0.15, -0.1) is 0 Å². The third-order valence-electron chi connectivity index (χ3n) is 7.20. The molecule has 0 radical (unpaired) electrons. The van der Waals surface area contributed by atoms with Gasteiger partial charge in [-0.25, -0.2) is 4.79 Å². The lowest BCUT2D eigenvalue weighted by Crippen LogP contribution is -2.53. The molecule has 0 saturated carbocycles. The number of benzene rings is 2. The predicted molar refractivity (Wildman–Crippen MR) is 141 cm³/mol. The summed E-state index contributed by atoms with van der Waals surface area (Å²) in [7, 11) is 0. The predicted octanol–water partition coefficient (Wildman–Crippen LogP) is 6.57. The molecule has 1 unspecified atom stereocenters. The van der Waals surface area contributed by atoms with Crippen molar-refractivity contribution in [2.75, 3.05) is 26.2 Å². The summed E-state index contributed by atoms with van der Waals surface area (Å²) < 4.78 is 110. The summed E-state index contributed by atoms with van der Waals surface area (Å²) in [6.07, 6.45) is -13.3. The molecule has 2 aromatic carbocycles. The van der Waals surface area contributed by atoms with Gasteiger partial charge in [0.2, 0.25) is 0 Å². The average Bonchev–Trinajstić information content (AvgIpc) is 2.96. The Morgan fingerprint density at radius 3 is 1.61 bits per heavy atom. The molecule has 15 heteroatoms. The molecule has 44 heavy (non-hydrogen) atoms. The number of alkyl halides is 9. The van der Waals surface area contributed by atoms with Crippen LogP contribution in [0.15, 0.2) is 73.1 Å². The van der Waals surface area contributed by atoms with E-state index in [1.807, 2.05) is 24.3 Å². The van der Waals surface area contributed by atoms with Crippen LogP contribution in [0.4, 0.5) is 39.5 Å². The van der Waals surface area contributed by atoms with E-state index in [2.05, 4.69) is 21.7 Å². The highest BCUT2D eigenvalue weighted by molar-refractivity contribution is 5.73. The summed E-state index contributed by atoms with van der Waals surface area (Å²) in [5, 5.41) is 16.7. The van der Waals surface area contributed by atoms with Crippen LogP contribution in [0.5, 0.6) is 0 Å². The molecule has 1 aromatic heterocycles. The van der Waals surface area contributed by atoms with Crippen LogP contribution in [-0.2, 0) is 16.9 Å². The maximum Gasteiger partial charge on any atom is 0.490 e. The van der Waals surface area contributed by atoms with Crippen LogP contribution in [0.25, 0.3) is 11.1 Å². The number of pyridine rings is 1. The van der Waals surface area contributed by atoms with E-state index in [9.17, 15) is 44.6 Å².